The predicted octanol–water partition coefficient (Wildman–Crippen LogP) is 2.90. The van der Waals surface area contributed by atoms with Crippen LogP contribution in [0.1, 0.15) is 36.6 Å². The van der Waals surface area contributed by atoms with Crippen LogP contribution < -0.4 is 10.6 Å². The predicted molar refractivity (Wildman–Crippen MR) is 85.8 cm³/mol. The molecule has 124 valence electrons. The van der Waals surface area contributed by atoms with E-state index in [0.717, 1.165) is 24.4 Å². The molecule has 23 heavy (non-hydrogen) atoms. The Labute approximate surface area is 135 Å². The number of amides is 2. The fourth-order valence-corrected chi connectivity index (χ4v) is 2.95. The van der Waals surface area contributed by atoms with Gasteiger partial charge in [0.15, 0.2) is 0 Å². The van der Waals surface area contributed by atoms with E-state index in [1.165, 1.54) is 19.3 Å². The van der Waals surface area contributed by atoms with Crippen LogP contribution in [0.3, 0.4) is 0 Å². The first-order valence-corrected chi connectivity index (χ1v) is 8.13. The molecule has 1 atom stereocenters. The fourth-order valence-electron chi connectivity index (χ4n) is 2.95. The number of hydrogen-bond acceptors (Lipinski definition) is 4. The molecular weight excluding hydrogens is 294 g/mol. The van der Waals surface area contributed by atoms with Crippen LogP contribution in [0.2, 0.25) is 0 Å². The van der Waals surface area contributed by atoms with Crippen LogP contribution in [0.15, 0.2) is 45.8 Å². The minimum absolute atomic E-state index is 0.0879. The third-order valence-electron chi connectivity index (χ3n) is 4.19. The molecule has 0 bridgehead atoms. The zero-order valence-corrected chi connectivity index (χ0v) is 13.2. The number of hydrogen-bond donors (Lipinski definition) is 2. The van der Waals surface area contributed by atoms with Gasteiger partial charge in [-0.05, 0) is 44.1 Å². The van der Waals surface area contributed by atoms with E-state index in [2.05, 4.69) is 15.5 Å². The van der Waals surface area contributed by atoms with Crippen molar-refractivity contribution >= 4 is 6.03 Å². The van der Waals surface area contributed by atoms with Crippen molar-refractivity contribution in [3.8, 4) is 0 Å². The lowest BCUT2D eigenvalue weighted by Gasteiger charge is -2.33. The summed E-state index contributed by atoms with van der Waals surface area (Å²) in [6.07, 6.45) is 8.58. The highest BCUT2D eigenvalue weighted by Gasteiger charge is 2.24. The molecule has 1 fully saturated rings. The minimum atomic E-state index is -0.181. The highest BCUT2D eigenvalue weighted by Crippen LogP contribution is 2.24. The number of nitrogens with zero attached hydrogens (tertiary/aromatic N) is 1. The van der Waals surface area contributed by atoms with Gasteiger partial charge < -0.3 is 19.5 Å². The Bertz CT molecular complexity index is 574. The van der Waals surface area contributed by atoms with E-state index < -0.39 is 0 Å². The fraction of sp³-hybridized carbons (Fsp3) is 0.471. The summed E-state index contributed by atoms with van der Waals surface area (Å²) in [5.74, 6) is 0.905. The van der Waals surface area contributed by atoms with Crippen molar-refractivity contribution in [2.75, 3.05) is 19.6 Å². The molecule has 1 saturated heterocycles. The average Bonchev–Trinajstić information content (AvgIpc) is 3.28. The van der Waals surface area contributed by atoms with Crippen molar-refractivity contribution in [1.82, 2.24) is 15.5 Å². The molecule has 2 aromatic heterocycles. The molecule has 6 heteroatoms. The number of piperidine rings is 1. The van der Waals surface area contributed by atoms with Gasteiger partial charge in [-0.25, -0.2) is 4.79 Å². The van der Waals surface area contributed by atoms with E-state index in [1.54, 1.807) is 18.8 Å². The van der Waals surface area contributed by atoms with Gasteiger partial charge in [-0.2, -0.15) is 0 Å². The maximum Gasteiger partial charge on any atom is 0.315 e. The van der Waals surface area contributed by atoms with E-state index in [-0.39, 0.29) is 12.1 Å². The maximum absolute atomic E-state index is 12.0. The van der Waals surface area contributed by atoms with Gasteiger partial charge in [0.25, 0.3) is 0 Å². The zero-order chi connectivity index (χ0) is 15.9. The Morgan fingerprint density at radius 2 is 2.04 bits per heavy atom. The highest BCUT2D eigenvalue weighted by molar-refractivity contribution is 5.73. The first kappa shape index (κ1) is 15.7. The van der Waals surface area contributed by atoms with Crippen molar-refractivity contribution in [2.45, 2.75) is 31.8 Å². The summed E-state index contributed by atoms with van der Waals surface area (Å²) in [6.45, 7) is 3.08. The Morgan fingerprint density at radius 3 is 2.74 bits per heavy atom. The summed E-state index contributed by atoms with van der Waals surface area (Å²) < 4.78 is 10.6. The molecule has 2 amide bonds. The van der Waals surface area contributed by atoms with Crippen LogP contribution in [0.5, 0.6) is 0 Å². The van der Waals surface area contributed by atoms with Crippen LogP contribution in [0.4, 0.5) is 4.79 Å². The van der Waals surface area contributed by atoms with E-state index in [4.69, 9.17) is 8.83 Å². The normalized spacial score (nSPS) is 16.9. The Hall–Kier alpha value is -2.21. The van der Waals surface area contributed by atoms with Crippen LogP contribution in [-0.2, 0) is 6.54 Å². The minimum Gasteiger partial charge on any atom is -0.472 e. The second-order valence-corrected chi connectivity index (χ2v) is 5.82. The zero-order valence-electron chi connectivity index (χ0n) is 13.2. The van der Waals surface area contributed by atoms with Gasteiger partial charge in [-0.15, -0.1) is 0 Å². The van der Waals surface area contributed by atoms with Gasteiger partial charge >= 0.3 is 6.03 Å². The third-order valence-corrected chi connectivity index (χ3v) is 4.19. The molecule has 6 nitrogen and oxygen atoms in total. The lowest BCUT2D eigenvalue weighted by molar-refractivity contribution is 0.143. The second-order valence-electron chi connectivity index (χ2n) is 5.82. The molecule has 0 aliphatic carbocycles. The van der Waals surface area contributed by atoms with Crippen molar-refractivity contribution in [2.24, 2.45) is 0 Å². The van der Waals surface area contributed by atoms with Crippen molar-refractivity contribution in [3.63, 3.8) is 0 Å². The van der Waals surface area contributed by atoms with Crippen molar-refractivity contribution in [3.05, 3.63) is 48.3 Å². The lowest BCUT2D eigenvalue weighted by atomic mass is 10.1. The van der Waals surface area contributed by atoms with Crippen LogP contribution in [0, 0.1) is 0 Å². The summed E-state index contributed by atoms with van der Waals surface area (Å²) in [7, 11) is 0. The first-order valence-electron chi connectivity index (χ1n) is 8.13. The first-order chi connectivity index (χ1) is 11.3. The SMILES string of the molecule is O=C(NCc1ccoc1)NC[C@H](c1ccco1)N1CCCCC1. The lowest BCUT2D eigenvalue weighted by Crippen LogP contribution is -2.43. The molecular formula is C17H23N3O3. The molecule has 0 radical (unpaired) electrons. The summed E-state index contributed by atoms with van der Waals surface area (Å²) in [5, 5.41) is 5.78. The number of urea groups is 1. The maximum atomic E-state index is 12.0. The molecule has 0 aromatic carbocycles. The van der Waals surface area contributed by atoms with E-state index in [1.807, 2.05) is 18.2 Å². The van der Waals surface area contributed by atoms with Gasteiger partial charge in [-0.1, -0.05) is 6.42 Å². The van der Waals surface area contributed by atoms with Gasteiger partial charge in [-0.3, -0.25) is 4.90 Å². The molecule has 0 unspecified atom stereocenters. The monoisotopic (exact) mass is 317 g/mol. The molecule has 3 rings (SSSR count). The molecule has 1 aliphatic rings. The van der Waals surface area contributed by atoms with Crippen LogP contribution in [0.25, 0.3) is 0 Å². The molecule has 2 aromatic rings. The summed E-state index contributed by atoms with van der Waals surface area (Å²) in [5.41, 5.74) is 0.943. The number of furan rings is 2. The molecule has 2 N–H and O–H groups in total. The van der Waals surface area contributed by atoms with Gasteiger partial charge in [0.2, 0.25) is 0 Å². The molecule has 1 aliphatic heterocycles. The number of carbonyl (C=O) groups is 1. The number of carbonyl (C=O) groups excluding carboxylic acids is 1. The number of rotatable bonds is 6. The molecule has 0 spiro atoms. The Kier molecular flexibility index (Phi) is 5.37. The van der Waals surface area contributed by atoms with Crippen molar-refractivity contribution in [1.29, 1.82) is 0 Å². The van der Waals surface area contributed by atoms with Gasteiger partial charge in [0.1, 0.15) is 5.76 Å². The summed E-state index contributed by atoms with van der Waals surface area (Å²) >= 11 is 0. The standard InChI is InChI=1S/C17H23N3O3/c21-17(18-11-14-6-10-22-13-14)19-12-15(16-5-4-9-23-16)20-7-2-1-3-8-20/h4-6,9-10,13,15H,1-3,7-8,11-12H2,(H2,18,19,21)/t15-/m1/s1. The summed E-state index contributed by atoms with van der Waals surface area (Å²) in [6, 6.07) is 5.61. The topological polar surface area (TPSA) is 70.6 Å². The smallest absolute Gasteiger partial charge is 0.315 e. The summed E-state index contributed by atoms with van der Waals surface area (Å²) in [4.78, 5) is 14.4. The van der Waals surface area contributed by atoms with Gasteiger partial charge in [0.05, 0.1) is 24.8 Å². The van der Waals surface area contributed by atoms with E-state index in [9.17, 15) is 4.79 Å². The van der Waals surface area contributed by atoms with E-state index >= 15 is 0 Å². The highest BCUT2D eigenvalue weighted by atomic mass is 16.3. The number of likely N-dealkylation sites (tertiary alicyclic amines) is 1. The van der Waals surface area contributed by atoms with Crippen LogP contribution >= 0.6 is 0 Å². The Morgan fingerprint density at radius 1 is 1.17 bits per heavy atom. The van der Waals surface area contributed by atoms with E-state index in [0.29, 0.717) is 13.1 Å². The van der Waals surface area contributed by atoms with Gasteiger partial charge in [0, 0.05) is 18.7 Å². The average molecular weight is 317 g/mol. The largest absolute Gasteiger partial charge is 0.472 e. The molecule has 0 saturated carbocycles. The van der Waals surface area contributed by atoms with Crippen LogP contribution in [-0.4, -0.2) is 30.6 Å². The van der Waals surface area contributed by atoms with Crippen molar-refractivity contribution < 1.29 is 13.6 Å². The second kappa shape index (κ2) is 7.87. The number of nitrogens with one attached hydrogen (secondary N) is 2. The quantitative estimate of drug-likeness (QED) is 0.859. The third kappa shape index (κ3) is 4.39. The Balaban J connectivity index is 1.52. The molecule has 3 heterocycles.